The fourth-order valence-corrected chi connectivity index (χ4v) is 5.49. The molecule has 2 aliphatic rings. The first-order valence-corrected chi connectivity index (χ1v) is 12.0. The number of nitrogens with one attached hydrogen (secondary N) is 1. The third kappa shape index (κ3) is 3.47. The van der Waals surface area contributed by atoms with E-state index in [1.165, 1.54) is 12.0 Å². The van der Waals surface area contributed by atoms with Gasteiger partial charge in [-0.1, -0.05) is 60.7 Å². The Hall–Kier alpha value is -4.39. The van der Waals surface area contributed by atoms with Gasteiger partial charge in [0.1, 0.15) is 12.1 Å². The zero-order valence-electron chi connectivity index (χ0n) is 19.8. The number of benzene rings is 3. The van der Waals surface area contributed by atoms with Crippen molar-refractivity contribution < 1.29 is 19.1 Å². The zero-order chi connectivity index (χ0) is 24.8. The van der Waals surface area contributed by atoms with Gasteiger partial charge >= 0.3 is 12.0 Å². The molecule has 6 rings (SSSR count). The van der Waals surface area contributed by atoms with E-state index in [1.54, 1.807) is 17.0 Å². The van der Waals surface area contributed by atoms with E-state index in [1.807, 2.05) is 66.7 Å². The average molecular weight is 480 g/mol. The van der Waals surface area contributed by atoms with Crippen LogP contribution in [0.15, 0.2) is 78.9 Å². The quantitative estimate of drug-likeness (QED) is 0.338. The van der Waals surface area contributed by atoms with E-state index in [-0.39, 0.29) is 11.9 Å². The molecule has 0 radical (unpaired) electrons. The standard InChI is InChI=1S/C29H25N3O4/c1-36-28(34)20-13-11-19(12-14-20)26-25-22(21-9-5-6-10-23(21)30-25)17-24-27(33)31(29(35)32(24)26)16-15-18-7-3-2-4-8-18/h2-14,24,26,30H,15-17H2,1H3/t24-,26?/m1/s1. The maximum atomic E-state index is 13.7. The molecule has 0 spiro atoms. The summed E-state index contributed by atoms with van der Waals surface area (Å²) in [7, 11) is 1.34. The van der Waals surface area contributed by atoms with Crippen LogP contribution in [0, 0.1) is 0 Å². The lowest BCUT2D eigenvalue weighted by Crippen LogP contribution is -2.44. The molecule has 0 saturated carbocycles. The summed E-state index contributed by atoms with van der Waals surface area (Å²) >= 11 is 0. The first-order valence-electron chi connectivity index (χ1n) is 12.0. The number of H-pyrrole nitrogens is 1. The predicted molar refractivity (Wildman–Crippen MR) is 135 cm³/mol. The van der Waals surface area contributed by atoms with Crippen molar-refractivity contribution in [2.75, 3.05) is 13.7 Å². The highest BCUT2D eigenvalue weighted by Crippen LogP contribution is 2.44. The first-order chi connectivity index (χ1) is 17.6. The molecule has 1 unspecified atom stereocenters. The fraction of sp³-hybridized carbons (Fsp3) is 0.207. The molecule has 0 aliphatic carbocycles. The number of imide groups is 1. The zero-order valence-corrected chi connectivity index (χ0v) is 19.8. The molecular formula is C29H25N3O4. The Kier molecular flexibility index (Phi) is 5.33. The largest absolute Gasteiger partial charge is 0.465 e. The van der Waals surface area contributed by atoms with Crippen molar-refractivity contribution in [2.45, 2.75) is 24.9 Å². The third-order valence-corrected chi connectivity index (χ3v) is 7.25. The third-order valence-electron chi connectivity index (χ3n) is 7.25. The number of methoxy groups -OCH3 is 1. The lowest BCUT2D eigenvalue weighted by molar-refractivity contribution is -0.128. The van der Waals surface area contributed by atoms with Crippen molar-refractivity contribution in [3.8, 4) is 0 Å². The molecule has 1 N–H and O–H groups in total. The Balaban J connectivity index is 1.41. The first kappa shape index (κ1) is 22.1. The highest BCUT2D eigenvalue weighted by molar-refractivity contribution is 6.05. The second-order valence-corrected chi connectivity index (χ2v) is 9.21. The van der Waals surface area contributed by atoms with E-state index >= 15 is 0 Å². The molecule has 3 heterocycles. The van der Waals surface area contributed by atoms with Crippen LogP contribution in [0.2, 0.25) is 0 Å². The number of nitrogens with zero attached hydrogens (tertiary/aromatic N) is 2. The van der Waals surface area contributed by atoms with Crippen LogP contribution in [-0.4, -0.2) is 52.4 Å². The van der Waals surface area contributed by atoms with E-state index in [9.17, 15) is 14.4 Å². The van der Waals surface area contributed by atoms with Gasteiger partial charge in [-0.3, -0.25) is 14.6 Å². The summed E-state index contributed by atoms with van der Waals surface area (Å²) in [4.78, 5) is 45.9. The second kappa shape index (κ2) is 8.68. The molecule has 1 aromatic heterocycles. The van der Waals surface area contributed by atoms with Gasteiger partial charge in [0, 0.05) is 29.6 Å². The molecule has 2 atom stereocenters. The number of carbonyl (C=O) groups excluding carboxylic acids is 3. The fourth-order valence-electron chi connectivity index (χ4n) is 5.49. The minimum absolute atomic E-state index is 0.164. The van der Waals surface area contributed by atoms with Gasteiger partial charge < -0.3 is 9.72 Å². The van der Waals surface area contributed by atoms with Crippen LogP contribution < -0.4 is 0 Å². The molecule has 36 heavy (non-hydrogen) atoms. The van der Waals surface area contributed by atoms with Gasteiger partial charge in [-0.05, 0) is 41.3 Å². The summed E-state index contributed by atoms with van der Waals surface area (Å²) in [5.74, 6) is -0.586. The van der Waals surface area contributed by atoms with Gasteiger partial charge in [-0.25, -0.2) is 9.59 Å². The smallest absolute Gasteiger partial charge is 0.337 e. The number of carbonyl (C=O) groups is 3. The van der Waals surface area contributed by atoms with Crippen molar-refractivity contribution in [1.82, 2.24) is 14.8 Å². The normalized spacial score (nSPS) is 18.9. The van der Waals surface area contributed by atoms with Gasteiger partial charge in [-0.2, -0.15) is 0 Å². The Bertz CT molecular complexity index is 1480. The number of para-hydroxylation sites is 1. The molecule has 3 aromatic carbocycles. The summed E-state index contributed by atoms with van der Waals surface area (Å²) in [6.45, 7) is 0.331. The Morgan fingerprint density at radius 1 is 0.972 bits per heavy atom. The molecule has 1 saturated heterocycles. The van der Waals surface area contributed by atoms with E-state index in [0.717, 1.165) is 33.3 Å². The molecular weight excluding hydrogens is 454 g/mol. The number of esters is 1. The number of hydrogen-bond acceptors (Lipinski definition) is 4. The lowest BCUT2D eigenvalue weighted by atomic mass is 9.88. The number of amides is 3. The van der Waals surface area contributed by atoms with Gasteiger partial charge in [0.25, 0.3) is 5.91 Å². The number of aromatic nitrogens is 1. The van der Waals surface area contributed by atoms with E-state index in [4.69, 9.17) is 4.74 Å². The predicted octanol–water partition coefficient (Wildman–Crippen LogP) is 4.48. The van der Waals surface area contributed by atoms with Crippen molar-refractivity contribution in [2.24, 2.45) is 0 Å². The van der Waals surface area contributed by atoms with Crippen molar-refractivity contribution in [3.63, 3.8) is 0 Å². The van der Waals surface area contributed by atoms with Gasteiger partial charge in [0.05, 0.1) is 12.7 Å². The number of hydrogen-bond donors (Lipinski definition) is 1. The van der Waals surface area contributed by atoms with Crippen LogP contribution in [0.25, 0.3) is 10.9 Å². The number of ether oxygens (including phenoxy) is 1. The van der Waals surface area contributed by atoms with Crippen LogP contribution in [-0.2, 0) is 22.4 Å². The van der Waals surface area contributed by atoms with E-state index in [2.05, 4.69) is 4.98 Å². The molecule has 2 aliphatic heterocycles. The maximum absolute atomic E-state index is 13.7. The van der Waals surface area contributed by atoms with Gasteiger partial charge in [0.15, 0.2) is 0 Å². The number of urea groups is 1. The summed E-state index contributed by atoms with van der Waals surface area (Å²) in [6, 6.07) is 23.6. The molecule has 4 aromatic rings. The number of fused-ring (bicyclic) bond motifs is 4. The molecule has 180 valence electrons. The Morgan fingerprint density at radius 3 is 2.44 bits per heavy atom. The van der Waals surface area contributed by atoms with Crippen molar-refractivity contribution in [3.05, 3.63) is 107 Å². The minimum atomic E-state index is -0.578. The Morgan fingerprint density at radius 2 is 1.69 bits per heavy atom. The molecule has 3 amide bonds. The molecule has 7 heteroatoms. The Labute approximate surface area is 208 Å². The number of rotatable bonds is 5. The highest BCUT2D eigenvalue weighted by atomic mass is 16.5. The second-order valence-electron chi connectivity index (χ2n) is 9.21. The van der Waals surface area contributed by atoms with Crippen molar-refractivity contribution >= 4 is 28.8 Å². The van der Waals surface area contributed by atoms with Gasteiger partial charge in [-0.15, -0.1) is 0 Å². The average Bonchev–Trinajstić information content (AvgIpc) is 3.41. The van der Waals surface area contributed by atoms with E-state index in [0.29, 0.717) is 24.9 Å². The van der Waals surface area contributed by atoms with E-state index < -0.39 is 18.1 Å². The molecule has 7 nitrogen and oxygen atoms in total. The highest BCUT2D eigenvalue weighted by Gasteiger charge is 2.52. The molecule has 1 fully saturated rings. The molecule has 0 bridgehead atoms. The summed E-state index contributed by atoms with van der Waals surface area (Å²) < 4.78 is 4.83. The van der Waals surface area contributed by atoms with Crippen LogP contribution >= 0.6 is 0 Å². The topological polar surface area (TPSA) is 82.7 Å². The van der Waals surface area contributed by atoms with Gasteiger partial charge in [0.2, 0.25) is 0 Å². The van der Waals surface area contributed by atoms with Crippen LogP contribution in [0.1, 0.15) is 38.8 Å². The van der Waals surface area contributed by atoms with Crippen LogP contribution in [0.4, 0.5) is 4.79 Å². The lowest BCUT2D eigenvalue weighted by Gasteiger charge is -2.36. The van der Waals surface area contributed by atoms with Crippen LogP contribution in [0.3, 0.4) is 0 Å². The summed E-state index contributed by atoms with van der Waals surface area (Å²) in [6.07, 6.45) is 1.06. The SMILES string of the molecule is COC(=O)c1ccc(C2c3[nH]c4ccccc4c3C[C@@H]3C(=O)N(CCc4ccccc4)C(=O)N23)cc1. The van der Waals surface area contributed by atoms with Crippen molar-refractivity contribution in [1.29, 1.82) is 0 Å². The maximum Gasteiger partial charge on any atom is 0.337 e. The summed E-state index contributed by atoms with van der Waals surface area (Å²) in [5, 5.41) is 1.06. The van der Waals surface area contributed by atoms with Crippen LogP contribution in [0.5, 0.6) is 0 Å². The summed E-state index contributed by atoms with van der Waals surface area (Å²) in [5.41, 5.74) is 5.27. The number of aromatic amines is 1. The monoisotopic (exact) mass is 479 g/mol. The minimum Gasteiger partial charge on any atom is -0.465 e.